The van der Waals surface area contributed by atoms with E-state index in [0.717, 1.165) is 0 Å². The maximum atomic E-state index is 8.42. The summed E-state index contributed by atoms with van der Waals surface area (Å²) in [5.74, 6) is 0. The van der Waals surface area contributed by atoms with Crippen LogP contribution in [-0.2, 0) is 0 Å². The second-order valence-electron chi connectivity index (χ2n) is 0.577. The van der Waals surface area contributed by atoms with Crippen molar-refractivity contribution >= 4 is 52.4 Å². The third-order valence-corrected chi connectivity index (χ3v) is 0. The van der Waals surface area contributed by atoms with Gasteiger partial charge in [-0.3, -0.25) is 14.6 Å². The number of hydrogen-bond donors (Lipinski definition) is 0. The van der Waals surface area contributed by atoms with E-state index in [1.165, 1.54) is 0 Å². The summed E-state index contributed by atoms with van der Waals surface area (Å²) in [6, 6.07) is 0. The number of hydrogen-bond acceptors (Lipinski definition) is 6. The number of rotatable bonds is 0. The standard InChI is InChI=1S/2BO3.Ca.4Li/c2*2-1(3)4;;;;;/q2*-3;+2;4*+1. The average Bonchev–Trinajstić information content (AvgIpc) is 1.25. The molecule has 0 bridgehead atoms. The monoisotopic (exact) mass is 186 g/mol. The Morgan fingerprint density at radius 3 is 0.462 bits per heavy atom. The van der Waals surface area contributed by atoms with Crippen molar-refractivity contribution < 1.29 is 106 Å². The van der Waals surface area contributed by atoms with E-state index in [2.05, 4.69) is 0 Å². The molecule has 0 radical (unpaired) electrons. The average molecular weight is 185 g/mol. The minimum absolute atomic E-state index is 0. The first-order valence-electron chi connectivity index (χ1n) is 1.41. The molecule has 0 saturated heterocycles. The summed E-state index contributed by atoms with van der Waals surface area (Å²) >= 11 is 0. The van der Waals surface area contributed by atoms with Gasteiger partial charge in [-0.25, -0.2) is 0 Å². The second kappa shape index (κ2) is 36.1. The molecule has 0 rings (SSSR count). The van der Waals surface area contributed by atoms with Crippen molar-refractivity contribution in [3.63, 3.8) is 0 Å². The van der Waals surface area contributed by atoms with E-state index in [1.807, 2.05) is 0 Å². The minimum Gasteiger partial charge on any atom is -0.907 e. The Balaban J connectivity index is -0.00000000800. The molecule has 13 heteroatoms. The third-order valence-electron chi connectivity index (χ3n) is 0. The van der Waals surface area contributed by atoms with Crippen LogP contribution in [0, 0.1) is 0 Å². The van der Waals surface area contributed by atoms with E-state index >= 15 is 0 Å². The molecule has 0 spiro atoms. The zero-order valence-corrected chi connectivity index (χ0v) is 10.5. The van der Waals surface area contributed by atoms with Crippen molar-refractivity contribution in [1.82, 2.24) is 0 Å². The van der Waals surface area contributed by atoms with Gasteiger partial charge in [-0.15, -0.1) is 0 Å². The van der Waals surface area contributed by atoms with Crippen LogP contribution >= 0.6 is 0 Å². The van der Waals surface area contributed by atoms with Gasteiger partial charge in [0.25, 0.3) is 0 Å². The Morgan fingerprint density at radius 1 is 0.462 bits per heavy atom. The quantitative estimate of drug-likeness (QED) is 0.343. The van der Waals surface area contributed by atoms with E-state index in [4.69, 9.17) is 30.1 Å². The van der Waals surface area contributed by atoms with Crippen molar-refractivity contribution in [2.24, 2.45) is 0 Å². The summed E-state index contributed by atoms with van der Waals surface area (Å²) in [6.07, 6.45) is 0. The summed E-state index contributed by atoms with van der Waals surface area (Å²) in [6.45, 7) is 0. The predicted octanol–water partition coefficient (Wildman–Crippen LogP) is -20.3. The molecule has 0 aromatic carbocycles. The fraction of sp³-hybridized carbons (Fsp3) is 0. The normalized spacial score (nSPS) is 4.15. The molecule has 0 unspecified atom stereocenters. The molecule has 0 aliphatic heterocycles. The van der Waals surface area contributed by atoms with E-state index in [-0.39, 0.29) is 113 Å². The van der Waals surface area contributed by atoms with Crippen molar-refractivity contribution in [2.75, 3.05) is 0 Å². The molecule has 0 saturated carbocycles. The van der Waals surface area contributed by atoms with Gasteiger partial charge in [-0.05, 0) is 0 Å². The van der Waals surface area contributed by atoms with Gasteiger partial charge in [0.1, 0.15) is 0 Å². The van der Waals surface area contributed by atoms with E-state index < -0.39 is 14.6 Å². The van der Waals surface area contributed by atoms with Crippen molar-refractivity contribution in [3.8, 4) is 0 Å². The first-order valence-corrected chi connectivity index (χ1v) is 1.41. The summed E-state index contributed by atoms with van der Waals surface area (Å²) in [7, 11) is -5.83. The van der Waals surface area contributed by atoms with Crippen molar-refractivity contribution in [1.29, 1.82) is 0 Å². The smallest absolute Gasteiger partial charge is 0.907 e. The molecule has 0 N–H and O–H groups in total. The fourth-order valence-electron chi connectivity index (χ4n) is 0. The van der Waals surface area contributed by atoms with Crippen molar-refractivity contribution in [2.45, 2.75) is 0 Å². The maximum absolute atomic E-state index is 8.42. The minimum atomic E-state index is -2.92. The topological polar surface area (TPSA) is 138 Å². The Bertz CT molecular complexity index is 38.1. The van der Waals surface area contributed by atoms with Crippen LogP contribution in [0.15, 0.2) is 0 Å². The fourth-order valence-corrected chi connectivity index (χ4v) is 0. The summed E-state index contributed by atoms with van der Waals surface area (Å²) < 4.78 is 0. The van der Waals surface area contributed by atoms with E-state index in [9.17, 15) is 0 Å². The Morgan fingerprint density at radius 2 is 0.462 bits per heavy atom. The van der Waals surface area contributed by atoms with Gasteiger partial charge in [0.2, 0.25) is 0 Å². The molecular formula is B2CaLi4O6. The molecule has 0 atom stereocenters. The predicted molar refractivity (Wildman–Crippen MR) is 17.3 cm³/mol. The van der Waals surface area contributed by atoms with E-state index in [0.29, 0.717) is 0 Å². The van der Waals surface area contributed by atoms with Crippen LogP contribution in [-0.4, -0.2) is 52.4 Å². The maximum Gasteiger partial charge on any atom is 2.00 e. The van der Waals surface area contributed by atoms with Crippen LogP contribution in [0.25, 0.3) is 0 Å². The molecule has 0 aromatic rings. The van der Waals surface area contributed by atoms with Gasteiger partial charge in [0.05, 0.1) is 0 Å². The van der Waals surface area contributed by atoms with Gasteiger partial charge in [-0.2, -0.15) is 0 Å². The molecular weight excluding hydrogens is 185 g/mol. The van der Waals surface area contributed by atoms with Gasteiger partial charge in [0.15, 0.2) is 0 Å². The molecule has 0 aromatic heterocycles. The zero-order valence-electron chi connectivity index (χ0n) is 8.31. The largest absolute Gasteiger partial charge is 2.00 e. The molecule has 48 valence electrons. The first kappa shape index (κ1) is 43.9. The van der Waals surface area contributed by atoms with Crippen molar-refractivity contribution in [3.05, 3.63) is 0 Å². The van der Waals surface area contributed by atoms with Gasteiger partial charge >= 0.3 is 113 Å². The molecule has 0 aliphatic carbocycles. The van der Waals surface area contributed by atoms with Gasteiger partial charge in [0, 0.05) is 0 Å². The molecule has 0 amide bonds. The van der Waals surface area contributed by atoms with E-state index in [1.54, 1.807) is 0 Å². The molecule has 0 fully saturated rings. The molecule has 6 nitrogen and oxygen atoms in total. The molecule has 13 heavy (non-hydrogen) atoms. The van der Waals surface area contributed by atoms with Crippen LogP contribution in [0.2, 0.25) is 0 Å². The van der Waals surface area contributed by atoms with Crippen LogP contribution in [0.1, 0.15) is 0 Å². The summed E-state index contributed by atoms with van der Waals surface area (Å²) in [4.78, 5) is 0. The Hall–Kier alpha value is 3.54. The summed E-state index contributed by atoms with van der Waals surface area (Å²) in [5.41, 5.74) is 0. The zero-order chi connectivity index (χ0) is 7.15. The van der Waals surface area contributed by atoms with Crippen LogP contribution in [0.4, 0.5) is 0 Å². The Labute approximate surface area is 155 Å². The molecule has 0 aliphatic rings. The third kappa shape index (κ3) is 227. The summed E-state index contributed by atoms with van der Waals surface area (Å²) in [5, 5.41) is 50.5. The second-order valence-corrected chi connectivity index (χ2v) is 0.577. The first-order chi connectivity index (χ1) is 3.46. The van der Waals surface area contributed by atoms with Gasteiger partial charge < -0.3 is 30.1 Å². The van der Waals surface area contributed by atoms with Crippen LogP contribution in [0.5, 0.6) is 0 Å². The SMILES string of the molecule is [Ca+2].[Li+].[Li+].[Li+].[Li+].[O-]B([O-])[O-].[O-]B([O-])[O-]. The molecule has 0 heterocycles. The van der Waals surface area contributed by atoms with Gasteiger partial charge in [-0.1, -0.05) is 0 Å². The van der Waals surface area contributed by atoms with Crippen LogP contribution < -0.4 is 106 Å². The van der Waals surface area contributed by atoms with Crippen LogP contribution in [0.3, 0.4) is 0 Å². The Kier molecular flexibility index (Phi) is 122.